The Hall–Kier alpha value is -2.89. The van der Waals surface area contributed by atoms with Crippen molar-refractivity contribution in [3.05, 3.63) is 69.8 Å². The first-order chi connectivity index (χ1) is 13.0. The van der Waals surface area contributed by atoms with Gasteiger partial charge in [0.25, 0.3) is 0 Å². The fraction of sp³-hybridized carbons (Fsp3) is 0.381. The lowest BCUT2D eigenvalue weighted by Gasteiger charge is -2.12. The van der Waals surface area contributed by atoms with Crippen molar-refractivity contribution in [2.45, 2.75) is 38.1 Å². The molecule has 6 nitrogen and oxygen atoms in total. The summed E-state index contributed by atoms with van der Waals surface area (Å²) in [5, 5.41) is 11.4. The molecule has 0 radical (unpaired) electrons. The molecule has 1 unspecified atom stereocenters. The second-order valence-corrected chi connectivity index (χ2v) is 6.40. The quantitative estimate of drug-likeness (QED) is 0.442. The summed E-state index contributed by atoms with van der Waals surface area (Å²) in [5.74, 6) is 1.17. The topological polar surface area (TPSA) is 78.7 Å². The third-order valence-corrected chi connectivity index (χ3v) is 4.51. The summed E-state index contributed by atoms with van der Waals surface area (Å²) in [6.45, 7) is 0. The van der Waals surface area contributed by atoms with E-state index >= 15 is 0 Å². The fourth-order valence-electron chi connectivity index (χ4n) is 2.94. The maximum Gasteiger partial charge on any atom is 0.217 e. The molecule has 27 heavy (non-hydrogen) atoms. The van der Waals surface area contributed by atoms with Gasteiger partial charge in [-0.15, -0.1) is 0 Å². The van der Waals surface area contributed by atoms with Crippen molar-refractivity contribution in [1.82, 2.24) is 0 Å². The summed E-state index contributed by atoms with van der Waals surface area (Å²) in [5.41, 5.74) is 1.88. The van der Waals surface area contributed by atoms with E-state index in [0.717, 1.165) is 11.1 Å². The van der Waals surface area contributed by atoms with Crippen LogP contribution in [0.5, 0.6) is 11.5 Å². The number of aryl methyl sites for hydroxylation is 1. The molecule has 2 aromatic rings. The Bertz CT molecular complexity index is 760. The van der Waals surface area contributed by atoms with Gasteiger partial charge >= 0.3 is 0 Å². The average molecular weight is 371 g/mol. The number of hydrogen-bond donors (Lipinski definition) is 0. The number of carbonyl (C=O) groups is 1. The van der Waals surface area contributed by atoms with Crippen LogP contribution in [0.3, 0.4) is 0 Å². The number of Topliss-reactive ketones (excluding diaryl/α,β-unsaturated/α-hetero) is 1. The molecule has 0 aliphatic rings. The Morgan fingerprint density at radius 1 is 1.00 bits per heavy atom. The molecule has 0 amide bonds. The minimum absolute atomic E-state index is 0.0537. The van der Waals surface area contributed by atoms with Gasteiger partial charge in [-0.3, -0.25) is 14.9 Å². The van der Waals surface area contributed by atoms with Crippen LogP contribution in [0.4, 0.5) is 0 Å². The first-order valence-electron chi connectivity index (χ1n) is 8.93. The molecule has 0 bridgehead atoms. The largest absolute Gasteiger partial charge is 0.493 e. The summed E-state index contributed by atoms with van der Waals surface area (Å²) in [6.07, 6.45) is 1.77. The number of ketones is 1. The van der Waals surface area contributed by atoms with E-state index in [0.29, 0.717) is 24.3 Å². The van der Waals surface area contributed by atoms with E-state index in [4.69, 9.17) is 9.47 Å². The molecule has 0 spiro atoms. The molecule has 0 aliphatic carbocycles. The highest BCUT2D eigenvalue weighted by Crippen LogP contribution is 2.28. The van der Waals surface area contributed by atoms with Crippen LogP contribution < -0.4 is 9.47 Å². The van der Waals surface area contributed by atoms with Crippen LogP contribution in [0.15, 0.2) is 48.5 Å². The lowest BCUT2D eigenvalue weighted by atomic mass is 9.98. The van der Waals surface area contributed by atoms with E-state index in [1.165, 1.54) is 7.11 Å². The number of nitro groups is 1. The summed E-state index contributed by atoms with van der Waals surface area (Å²) >= 11 is 0. The average Bonchev–Trinajstić information content (AvgIpc) is 2.69. The predicted molar refractivity (Wildman–Crippen MR) is 103 cm³/mol. The zero-order chi connectivity index (χ0) is 19.6. The van der Waals surface area contributed by atoms with E-state index in [-0.39, 0.29) is 30.0 Å². The highest BCUT2D eigenvalue weighted by molar-refractivity contribution is 5.78. The molecule has 6 heteroatoms. The zero-order valence-corrected chi connectivity index (χ0v) is 15.7. The van der Waals surface area contributed by atoms with Crippen LogP contribution in [-0.4, -0.2) is 31.0 Å². The van der Waals surface area contributed by atoms with E-state index < -0.39 is 6.04 Å². The van der Waals surface area contributed by atoms with Crippen molar-refractivity contribution < 1.29 is 19.2 Å². The summed E-state index contributed by atoms with van der Waals surface area (Å²) < 4.78 is 10.4. The minimum atomic E-state index is -0.802. The van der Waals surface area contributed by atoms with Gasteiger partial charge in [-0.2, -0.15) is 0 Å². The number of nitrogens with zero attached hydrogens (tertiary/aromatic N) is 1. The van der Waals surface area contributed by atoms with Crippen LogP contribution in [0, 0.1) is 10.1 Å². The Balaban J connectivity index is 1.89. The van der Waals surface area contributed by atoms with Crippen LogP contribution in [0.1, 0.15) is 30.4 Å². The number of ether oxygens (including phenoxy) is 2. The monoisotopic (exact) mass is 371 g/mol. The van der Waals surface area contributed by atoms with Crippen LogP contribution in [0.25, 0.3) is 0 Å². The molecule has 0 fully saturated rings. The third kappa shape index (κ3) is 6.40. The van der Waals surface area contributed by atoms with E-state index in [1.807, 2.05) is 30.3 Å². The van der Waals surface area contributed by atoms with Gasteiger partial charge in [0.05, 0.1) is 14.2 Å². The second-order valence-electron chi connectivity index (χ2n) is 6.40. The maximum atomic E-state index is 12.1. The zero-order valence-electron chi connectivity index (χ0n) is 15.7. The summed E-state index contributed by atoms with van der Waals surface area (Å²) in [6, 6.07) is 14.2. The van der Waals surface area contributed by atoms with E-state index in [9.17, 15) is 14.9 Å². The number of hydrogen-bond acceptors (Lipinski definition) is 5. The highest BCUT2D eigenvalue weighted by Gasteiger charge is 2.22. The molecular formula is C21H25NO5. The summed E-state index contributed by atoms with van der Waals surface area (Å²) in [4.78, 5) is 23.2. The van der Waals surface area contributed by atoms with Gasteiger partial charge in [-0.1, -0.05) is 36.4 Å². The standard InChI is InChI=1S/C21H25NO5/c1-26-20-13-9-17(15-21(20)27-2)14-18(22(24)25)10-12-19(23)11-8-16-6-4-3-5-7-16/h3-7,9,13,15,18H,8,10-12,14H2,1-2H3. The highest BCUT2D eigenvalue weighted by atomic mass is 16.6. The molecule has 0 saturated carbocycles. The molecule has 2 aromatic carbocycles. The van der Waals surface area contributed by atoms with Gasteiger partial charge < -0.3 is 9.47 Å². The molecule has 0 aliphatic heterocycles. The Morgan fingerprint density at radius 2 is 1.70 bits per heavy atom. The first kappa shape index (κ1) is 20.4. The van der Waals surface area contributed by atoms with Crippen molar-refractivity contribution >= 4 is 5.78 Å². The maximum absolute atomic E-state index is 12.1. The van der Waals surface area contributed by atoms with Crippen molar-refractivity contribution in [3.8, 4) is 11.5 Å². The number of benzene rings is 2. The SMILES string of the molecule is COc1ccc(CC(CCC(=O)CCc2ccccc2)[N+](=O)[O-])cc1OC. The molecular weight excluding hydrogens is 346 g/mol. The summed E-state index contributed by atoms with van der Waals surface area (Å²) in [7, 11) is 3.07. The molecule has 1 atom stereocenters. The molecule has 2 rings (SSSR count). The van der Waals surface area contributed by atoms with Gasteiger partial charge in [-0.25, -0.2) is 0 Å². The van der Waals surface area contributed by atoms with Crippen molar-refractivity contribution in [2.75, 3.05) is 14.2 Å². The van der Waals surface area contributed by atoms with Crippen LogP contribution in [0.2, 0.25) is 0 Å². The van der Waals surface area contributed by atoms with Gasteiger partial charge in [-0.05, 0) is 29.7 Å². The minimum Gasteiger partial charge on any atom is -0.493 e. The predicted octanol–water partition coefficient (Wildman–Crippen LogP) is 3.87. The molecule has 0 aromatic heterocycles. The number of carbonyl (C=O) groups excluding carboxylic acids is 1. The van der Waals surface area contributed by atoms with Crippen LogP contribution >= 0.6 is 0 Å². The van der Waals surface area contributed by atoms with E-state index in [1.54, 1.807) is 25.3 Å². The van der Waals surface area contributed by atoms with Crippen LogP contribution in [-0.2, 0) is 17.6 Å². The smallest absolute Gasteiger partial charge is 0.217 e. The lowest BCUT2D eigenvalue weighted by Crippen LogP contribution is -2.23. The Morgan fingerprint density at radius 3 is 2.33 bits per heavy atom. The number of methoxy groups -OCH3 is 2. The Kier molecular flexibility index (Phi) is 7.79. The first-order valence-corrected chi connectivity index (χ1v) is 8.93. The van der Waals surface area contributed by atoms with Gasteiger partial charge in [0, 0.05) is 30.6 Å². The number of rotatable bonds is 11. The van der Waals surface area contributed by atoms with Crippen molar-refractivity contribution in [2.24, 2.45) is 0 Å². The lowest BCUT2D eigenvalue weighted by molar-refractivity contribution is -0.522. The van der Waals surface area contributed by atoms with Gasteiger partial charge in [0.1, 0.15) is 5.78 Å². The van der Waals surface area contributed by atoms with E-state index in [2.05, 4.69) is 0 Å². The second kappa shape index (κ2) is 10.3. The molecule has 0 saturated heterocycles. The Labute approximate surface area is 159 Å². The van der Waals surface area contributed by atoms with Gasteiger partial charge in [0.2, 0.25) is 6.04 Å². The molecule has 144 valence electrons. The fourth-order valence-corrected chi connectivity index (χ4v) is 2.94. The molecule has 0 heterocycles. The normalized spacial score (nSPS) is 11.6. The third-order valence-electron chi connectivity index (χ3n) is 4.51. The van der Waals surface area contributed by atoms with Gasteiger partial charge in [0.15, 0.2) is 11.5 Å². The molecule has 0 N–H and O–H groups in total. The van der Waals surface area contributed by atoms with Crippen molar-refractivity contribution in [3.63, 3.8) is 0 Å². The van der Waals surface area contributed by atoms with Crippen molar-refractivity contribution in [1.29, 1.82) is 0 Å².